The Kier molecular flexibility index (Phi) is 7.97. The van der Waals surface area contributed by atoms with Crippen LogP contribution in [0.25, 0.3) is 0 Å². The van der Waals surface area contributed by atoms with E-state index in [4.69, 9.17) is 10.1 Å². The molecule has 1 unspecified atom stereocenters. The van der Waals surface area contributed by atoms with Crippen LogP contribution in [0.4, 0.5) is 11.8 Å². The highest BCUT2D eigenvalue weighted by atomic mass is 16.4. The summed E-state index contributed by atoms with van der Waals surface area (Å²) in [7, 11) is 0. The lowest BCUT2D eigenvalue weighted by molar-refractivity contribution is -0.137. The third-order valence-corrected chi connectivity index (χ3v) is 7.07. The van der Waals surface area contributed by atoms with Gasteiger partial charge in [-0.25, -0.2) is 4.98 Å². The van der Waals surface area contributed by atoms with E-state index in [0.717, 1.165) is 70.3 Å². The molecule has 1 aromatic heterocycles. The van der Waals surface area contributed by atoms with Crippen molar-refractivity contribution in [3.63, 3.8) is 0 Å². The number of hydrogen-bond donors (Lipinski definition) is 2. The minimum absolute atomic E-state index is 0.247. The zero-order chi connectivity index (χ0) is 21.5. The molecule has 3 aliphatic rings. The lowest BCUT2D eigenvalue weighted by Gasteiger charge is -2.42. The summed E-state index contributed by atoms with van der Waals surface area (Å²) in [5, 5.41) is 12.5. The van der Waals surface area contributed by atoms with Crippen molar-refractivity contribution in [1.82, 2.24) is 19.8 Å². The fourth-order valence-electron chi connectivity index (χ4n) is 5.29. The van der Waals surface area contributed by atoms with Crippen molar-refractivity contribution < 1.29 is 9.90 Å². The zero-order valence-electron chi connectivity index (χ0n) is 18.7. The summed E-state index contributed by atoms with van der Waals surface area (Å²) >= 11 is 0. The van der Waals surface area contributed by atoms with Gasteiger partial charge in [0.2, 0.25) is 5.95 Å². The molecule has 0 spiro atoms. The first-order chi connectivity index (χ1) is 15.2. The van der Waals surface area contributed by atoms with Gasteiger partial charge in [0.25, 0.3) is 0 Å². The number of aliphatic carboxylic acids is 1. The molecule has 8 heteroatoms. The molecule has 1 aromatic rings. The van der Waals surface area contributed by atoms with Crippen LogP contribution < -0.4 is 10.2 Å². The normalized spacial score (nSPS) is 24.6. The maximum absolute atomic E-state index is 10.8. The third-order valence-electron chi connectivity index (χ3n) is 7.07. The third kappa shape index (κ3) is 6.53. The summed E-state index contributed by atoms with van der Waals surface area (Å²) in [6.07, 6.45) is 11.9. The van der Waals surface area contributed by atoms with Crippen LogP contribution >= 0.6 is 0 Å². The monoisotopic (exact) mass is 430 g/mol. The molecule has 8 nitrogen and oxygen atoms in total. The second-order valence-corrected chi connectivity index (χ2v) is 9.33. The van der Waals surface area contributed by atoms with Crippen LogP contribution in [-0.4, -0.2) is 88.7 Å². The fraction of sp³-hybridized carbons (Fsp3) is 0.783. The highest BCUT2D eigenvalue weighted by Crippen LogP contribution is 2.23. The van der Waals surface area contributed by atoms with Gasteiger partial charge in [-0.05, 0) is 64.2 Å². The number of nitrogens with one attached hydrogen (secondary N) is 1. The molecule has 0 amide bonds. The molecule has 172 valence electrons. The average Bonchev–Trinajstić information content (AvgIpc) is 3.08. The molecule has 31 heavy (non-hydrogen) atoms. The van der Waals surface area contributed by atoms with Gasteiger partial charge in [0.1, 0.15) is 5.82 Å². The molecule has 3 saturated heterocycles. The number of rotatable bonds is 7. The number of anilines is 2. The van der Waals surface area contributed by atoms with Crippen molar-refractivity contribution in [3.8, 4) is 0 Å². The Labute approximate surface area is 186 Å². The minimum Gasteiger partial charge on any atom is -0.481 e. The molecule has 2 N–H and O–H groups in total. The zero-order valence-corrected chi connectivity index (χ0v) is 18.7. The summed E-state index contributed by atoms with van der Waals surface area (Å²) in [6.45, 7) is 7.08. The Morgan fingerprint density at radius 2 is 1.81 bits per heavy atom. The van der Waals surface area contributed by atoms with E-state index < -0.39 is 5.97 Å². The first-order valence-electron chi connectivity index (χ1n) is 12.2. The van der Waals surface area contributed by atoms with Crippen molar-refractivity contribution in [2.24, 2.45) is 0 Å². The van der Waals surface area contributed by atoms with Gasteiger partial charge in [0, 0.05) is 44.5 Å². The lowest BCUT2D eigenvalue weighted by atomic mass is 9.98. The van der Waals surface area contributed by atoms with Gasteiger partial charge >= 0.3 is 5.97 Å². The van der Waals surface area contributed by atoms with Gasteiger partial charge in [-0.3, -0.25) is 9.69 Å². The number of likely N-dealkylation sites (tertiary alicyclic amines) is 2. The number of carboxylic acids is 1. The first-order valence-corrected chi connectivity index (χ1v) is 12.2. The molecule has 4 heterocycles. The van der Waals surface area contributed by atoms with E-state index in [0.29, 0.717) is 18.6 Å². The molecule has 1 atom stereocenters. The van der Waals surface area contributed by atoms with Crippen molar-refractivity contribution in [2.75, 3.05) is 56.0 Å². The number of aromatic nitrogens is 2. The predicted octanol–water partition coefficient (Wildman–Crippen LogP) is 2.67. The maximum Gasteiger partial charge on any atom is 0.304 e. The molecular formula is C23H38N6O2. The van der Waals surface area contributed by atoms with Gasteiger partial charge in [-0.2, -0.15) is 4.98 Å². The minimum atomic E-state index is -0.700. The summed E-state index contributed by atoms with van der Waals surface area (Å²) < 4.78 is 0. The van der Waals surface area contributed by atoms with Crippen LogP contribution in [0.15, 0.2) is 12.3 Å². The summed E-state index contributed by atoms with van der Waals surface area (Å²) in [4.78, 5) is 27.5. The fourth-order valence-corrected chi connectivity index (χ4v) is 5.29. The van der Waals surface area contributed by atoms with Crippen LogP contribution in [-0.2, 0) is 4.79 Å². The van der Waals surface area contributed by atoms with Crippen LogP contribution in [0.5, 0.6) is 0 Å². The maximum atomic E-state index is 10.8. The van der Waals surface area contributed by atoms with Crippen molar-refractivity contribution in [2.45, 2.75) is 69.9 Å². The Morgan fingerprint density at radius 1 is 1.03 bits per heavy atom. The van der Waals surface area contributed by atoms with E-state index in [9.17, 15) is 4.79 Å². The number of carboxylic acid groups (broad SMARTS) is 1. The molecule has 0 bridgehead atoms. The van der Waals surface area contributed by atoms with Crippen molar-refractivity contribution in [3.05, 3.63) is 12.3 Å². The van der Waals surface area contributed by atoms with E-state index in [1.807, 2.05) is 12.3 Å². The van der Waals surface area contributed by atoms with Crippen LogP contribution in [0.2, 0.25) is 0 Å². The Bertz CT molecular complexity index is 701. The van der Waals surface area contributed by atoms with Crippen molar-refractivity contribution in [1.29, 1.82) is 0 Å². The number of nitrogens with zero attached hydrogens (tertiary/aromatic N) is 5. The van der Waals surface area contributed by atoms with E-state index in [1.165, 1.54) is 32.1 Å². The second-order valence-electron chi connectivity index (χ2n) is 9.33. The second kappa shape index (κ2) is 11.1. The largest absolute Gasteiger partial charge is 0.481 e. The highest BCUT2D eigenvalue weighted by molar-refractivity contribution is 5.66. The van der Waals surface area contributed by atoms with Crippen LogP contribution in [0.3, 0.4) is 0 Å². The molecular weight excluding hydrogens is 392 g/mol. The Morgan fingerprint density at radius 3 is 2.55 bits per heavy atom. The highest BCUT2D eigenvalue weighted by Gasteiger charge is 2.29. The molecule has 0 aromatic carbocycles. The molecule has 0 saturated carbocycles. The molecule has 3 fully saturated rings. The summed E-state index contributed by atoms with van der Waals surface area (Å²) in [5.74, 6) is 1.12. The summed E-state index contributed by atoms with van der Waals surface area (Å²) in [5.41, 5.74) is 0. The van der Waals surface area contributed by atoms with Gasteiger partial charge < -0.3 is 20.2 Å². The van der Waals surface area contributed by atoms with Gasteiger partial charge in [0.05, 0.1) is 6.42 Å². The molecule has 4 rings (SSSR count). The average molecular weight is 431 g/mol. The molecule has 3 aliphatic heterocycles. The standard InChI is InChI=1S/C23H38N6O2/c30-22(31)10-17-27-15-8-20(9-16-27)29-14-5-6-19(18-29)25-23-24-11-7-21(26-23)28-12-3-1-2-4-13-28/h7,11,19-20H,1-6,8-10,12-18H2,(H,30,31)(H,24,25,26). The SMILES string of the molecule is O=C(O)CCN1CCC(N2CCCC(Nc3nccc(N4CCCCCC4)n3)C2)CC1. The van der Waals surface area contributed by atoms with Gasteiger partial charge in [-0.1, -0.05) is 12.8 Å². The predicted molar refractivity (Wildman–Crippen MR) is 123 cm³/mol. The first kappa shape index (κ1) is 22.3. The van der Waals surface area contributed by atoms with E-state index in [2.05, 4.69) is 25.0 Å². The van der Waals surface area contributed by atoms with Gasteiger partial charge in [0.15, 0.2) is 0 Å². The lowest BCUT2D eigenvalue weighted by Crippen LogP contribution is -2.51. The van der Waals surface area contributed by atoms with Crippen LogP contribution in [0, 0.1) is 0 Å². The van der Waals surface area contributed by atoms with Crippen LogP contribution in [0.1, 0.15) is 57.8 Å². The number of hydrogen-bond acceptors (Lipinski definition) is 7. The number of carbonyl (C=O) groups is 1. The molecule has 0 aliphatic carbocycles. The van der Waals surface area contributed by atoms with E-state index in [1.54, 1.807) is 0 Å². The number of piperidine rings is 2. The van der Waals surface area contributed by atoms with E-state index >= 15 is 0 Å². The summed E-state index contributed by atoms with van der Waals surface area (Å²) in [6, 6.07) is 3.04. The Balaban J connectivity index is 1.27. The van der Waals surface area contributed by atoms with Gasteiger partial charge in [-0.15, -0.1) is 0 Å². The van der Waals surface area contributed by atoms with E-state index in [-0.39, 0.29) is 6.42 Å². The quantitative estimate of drug-likeness (QED) is 0.683. The Hall–Kier alpha value is -1.93. The topological polar surface area (TPSA) is 84.8 Å². The molecule has 0 radical (unpaired) electrons. The van der Waals surface area contributed by atoms with Crippen molar-refractivity contribution >= 4 is 17.7 Å². The smallest absolute Gasteiger partial charge is 0.304 e.